The molecule has 0 amide bonds. The highest BCUT2D eigenvalue weighted by Crippen LogP contribution is 2.31. The van der Waals surface area contributed by atoms with E-state index in [1.165, 1.54) is 11.3 Å². The van der Waals surface area contributed by atoms with Crippen molar-refractivity contribution < 1.29 is 0 Å². The van der Waals surface area contributed by atoms with E-state index in [1.807, 2.05) is 7.05 Å². The standard InChI is InChI=1S/C15H21N3S/c1-5-18(14-9-7-6-8-11(14)2)15-17-13(10-19-15)12(3)16-4/h6-10,12,16H,5H2,1-4H3. The number of hydrogen-bond acceptors (Lipinski definition) is 4. The van der Waals surface area contributed by atoms with Crippen LogP contribution in [0.4, 0.5) is 10.8 Å². The summed E-state index contributed by atoms with van der Waals surface area (Å²) < 4.78 is 0. The minimum absolute atomic E-state index is 0.292. The normalized spacial score (nSPS) is 12.4. The number of nitrogens with zero attached hydrogens (tertiary/aromatic N) is 2. The molecule has 0 saturated heterocycles. The second-order valence-corrected chi connectivity index (χ2v) is 5.43. The molecule has 0 saturated carbocycles. The van der Waals surface area contributed by atoms with Gasteiger partial charge in [-0.2, -0.15) is 0 Å². The van der Waals surface area contributed by atoms with Crippen LogP contribution in [0.2, 0.25) is 0 Å². The van der Waals surface area contributed by atoms with Gasteiger partial charge < -0.3 is 10.2 Å². The molecule has 1 aromatic heterocycles. The smallest absolute Gasteiger partial charge is 0.190 e. The Morgan fingerprint density at radius 2 is 2.11 bits per heavy atom. The molecule has 0 aliphatic heterocycles. The molecule has 19 heavy (non-hydrogen) atoms. The SMILES string of the molecule is CCN(c1nc(C(C)NC)cs1)c1ccccc1C. The first-order valence-electron chi connectivity index (χ1n) is 6.63. The third-order valence-electron chi connectivity index (χ3n) is 3.34. The van der Waals surface area contributed by atoms with Crippen molar-refractivity contribution in [1.82, 2.24) is 10.3 Å². The third-order valence-corrected chi connectivity index (χ3v) is 4.22. The second kappa shape index (κ2) is 6.17. The number of hydrogen-bond donors (Lipinski definition) is 1. The van der Waals surface area contributed by atoms with E-state index < -0.39 is 0 Å². The predicted octanol–water partition coefficient (Wildman–Crippen LogP) is 3.89. The average molecular weight is 275 g/mol. The highest BCUT2D eigenvalue weighted by atomic mass is 32.1. The molecule has 3 nitrogen and oxygen atoms in total. The summed E-state index contributed by atoms with van der Waals surface area (Å²) in [7, 11) is 1.96. The molecule has 4 heteroatoms. The first kappa shape index (κ1) is 14.0. The highest BCUT2D eigenvalue weighted by Gasteiger charge is 2.15. The van der Waals surface area contributed by atoms with E-state index in [9.17, 15) is 0 Å². The van der Waals surface area contributed by atoms with Crippen LogP contribution in [0.5, 0.6) is 0 Å². The lowest BCUT2D eigenvalue weighted by Gasteiger charge is -2.22. The molecule has 1 heterocycles. The first-order valence-corrected chi connectivity index (χ1v) is 7.51. The van der Waals surface area contributed by atoms with Gasteiger partial charge in [0.05, 0.1) is 5.69 Å². The molecule has 0 fully saturated rings. The Balaban J connectivity index is 2.32. The minimum atomic E-state index is 0.292. The number of aryl methyl sites for hydroxylation is 1. The number of nitrogens with one attached hydrogen (secondary N) is 1. The molecule has 0 aliphatic rings. The van der Waals surface area contributed by atoms with E-state index >= 15 is 0 Å². The van der Waals surface area contributed by atoms with Crippen molar-refractivity contribution in [2.45, 2.75) is 26.8 Å². The second-order valence-electron chi connectivity index (χ2n) is 4.60. The summed E-state index contributed by atoms with van der Waals surface area (Å²) in [4.78, 5) is 7.02. The van der Waals surface area contributed by atoms with Crippen LogP contribution in [0.15, 0.2) is 29.6 Å². The summed E-state index contributed by atoms with van der Waals surface area (Å²) in [6, 6.07) is 8.74. The molecule has 1 N–H and O–H groups in total. The average Bonchev–Trinajstić information content (AvgIpc) is 2.90. The van der Waals surface area contributed by atoms with Crippen LogP contribution in [-0.4, -0.2) is 18.6 Å². The quantitative estimate of drug-likeness (QED) is 0.897. The zero-order valence-electron chi connectivity index (χ0n) is 12.0. The van der Waals surface area contributed by atoms with E-state index in [0.29, 0.717) is 6.04 Å². The van der Waals surface area contributed by atoms with Gasteiger partial charge in [-0.3, -0.25) is 0 Å². The molecule has 0 aliphatic carbocycles. The van der Waals surface area contributed by atoms with E-state index in [4.69, 9.17) is 4.98 Å². The van der Waals surface area contributed by atoms with Gasteiger partial charge in [-0.1, -0.05) is 18.2 Å². The predicted molar refractivity (Wildman–Crippen MR) is 83.4 cm³/mol. The third kappa shape index (κ3) is 2.96. The zero-order chi connectivity index (χ0) is 13.8. The largest absolute Gasteiger partial charge is 0.318 e. The Bertz CT molecular complexity index is 536. The Labute approximate surface area is 119 Å². The maximum atomic E-state index is 4.75. The van der Waals surface area contributed by atoms with Gasteiger partial charge in [0, 0.05) is 23.7 Å². The number of rotatable bonds is 5. The Hall–Kier alpha value is -1.39. The number of aromatic nitrogens is 1. The van der Waals surface area contributed by atoms with Crippen LogP contribution in [0, 0.1) is 6.92 Å². The van der Waals surface area contributed by atoms with Crippen molar-refractivity contribution in [1.29, 1.82) is 0 Å². The molecular weight excluding hydrogens is 254 g/mol. The fourth-order valence-electron chi connectivity index (χ4n) is 2.02. The highest BCUT2D eigenvalue weighted by molar-refractivity contribution is 7.13. The summed E-state index contributed by atoms with van der Waals surface area (Å²) in [5, 5.41) is 6.43. The summed E-state index contributed by atoms with van der Waals surface area (Å²) in [6.45, 7) is 7.35. The lowest BCUT2D eigenvalue weighted by atomic mass is 10.2. The van der Waals surface area contributed by atoms with Crippen LogP contribution >= 0.6 is 11.3 Å². The number of para-hydroxylation sites is 1. The van der Waals surface area contributed by atoms with Crippen LogP contribution in [0.1, 0.15) is 31.1 Å². The molecule has 2 aromatic rings. The van der Waals surface area contributed by atoms with E-state index in [0.717, 1.165) is 17.4 Å². The molecular formula is C15H21N3S. The van der Waals surface area contributed by atoms with Gasteiger partial charge in [0.25, 0.3) is 0 Å². The molecule has 1 atom stereocenters. The summed E-state index contributed by atoms with van der Waals surface area (Å²) in [6.07, 6.45) is 0. The molecule has 1 unspecified atom stereocenters. The van der Waals surface area contributed by atoms with Gasteiger partial charge in [-0.25, -0.2) is 4.98 Å². The zero-order valence-corrected chi connectivity index (χ0v) is 12.8. The number of anilines is 2. The van der Waals surface area contributed by atoms with Gasteiger partial charge in [-0.05, 0) is 39.4 Å². The number of benzene rings is 1. The fraction of sp³-hybridized carbons (Fsp3) is 0.400. The molecule has 0 radical (unpaired) electrons. The Kier molecular flexibility index (Phi) is 4.56. The van der Waals surface area contributed by atoms with Crippen molar-refractivity contribution in [2.75, 3.05) is 18.5 Å². The van der Waals surface area contributed by atoms with Crippen LogP contribution in [0.3, 0.4) is 0 Å². The molecule has 0 bridgehead atoms. The molecule has 0 spiro atoms. The van der Waals surface area contributed by atoms with Gasteiger partial charge in [0.1, 0.15) is 0 Å². The van der Waals surface area contributed by atoms with Crippen LogP contribution in [0.25, 0.3) is 0 Å². The Morgan fingerprint density at radius 3 is 2.74 bits per heavy atom. The van der Waals surface area contributed by atoms with Crippen molar-refractivity contribution in [3.8, 4) is 0 Å². The van der Waals surface area contributed by atoms with E-state index in [2.05, 4.69) is 60.6 Å². The van der Waals surface area contributed by atoms with Crippen molar-refractivity contribution in [2.24, 2.45) is 0 Å². The van der Waals surface area contributed by atoms with E-state index in [1.54, 1.807) is 11.3 Å². The van der Waals surface area contributed by atoms with Crippen molar-refractivity contribution in [3.63, 3.8) is 0 Å². The van der Waals surface area contributed by atoms with Gasteiger partial charge in [0.2, 0.25) is 0 Å². The summed E-state index contributed by atoms with van der Waals surface area (Å²) in [5.74, 6) is 0. The minimum Gasteiger partial charge on any atom is -0.318 e. The molecule has 1 aromatic carbocycles. The maximum Gasteiger partial charge on any atom is 0.190 e. The van der Waals surface area contributed by atoms with Gasteiger partial charge in [0.15, 0.2) is 5.13 Å². The van der Waals surface area contributed by atoms with Gasteiger partial charge in [-0.15, -0.1) is 11.3 Å². The monoisotopic (exact) mass is 275 g/mol. The van der Waals surface area contributed by atoms with Crippen LogP contribution < -0.4 is 10.2 Å². The lowest BCUT2D eigenvalue weighted by Crippen LogP contribution is -2.18. The summed E-state index contributed by atoms with van der Waals surface area (Å²) >= 11 is 1.70. The first-order chi connectivity index (χ1) is 9.17. The Morgan fingerprint density at radius 1 is 1.37 bits per heavy atom. The molecule has 2 rings (SSSR count). The van der Waals surface area contributed by atoms with Crippen LogP contribution in [-0.2, 0) is 0 Å². The van der Waals surface area contributed by atoms with Crippen molar-refractivity contribution >= 4 is 22.2 Å². The van der Waals surface area contributed by atoms with E-state index in [-0.39, 0.29) is 0 Å². The van der Waals surface area contributed by atoms with Gasteiger partial charge >= 0.3 is 0 Å². The van der Waals surface area contributed by atoms with Crippen molar-refractivity contribution in [3.05, 3.63) is 40.9 Å². The number of thiazole rings is 1. The summed E-state index contributed by atoms with van der Waals surface area (Å²) in [5.41, 5.74) is 3.63. The fourth-order valence-corrected chi connectivity index (χ4v) is 3.02. The molecule has 102 valence electrons. The maximum absolute atomic E-state index is 4.75. The lowest BCUT2D eigenvalue weighted by molar-refractivity contribution is 0.636. The topological polar surface area (TPSA) is 28.2 Å².